The van der Waals surface area contributed by atoms with Crippen LogP contribution in [0.2, 0.25) is 0 Å². The quantitative estimate of drug-likeness (QED) is 0.754. The monoisotopic (exact) mass is 249 g/mol. The van der Waals surface area contributed by atoms with Crippen molar-refractivity contribution in [2.75, 3.05) is 13.2 Å². The zero-order valence-electron chi connectivity index (χ0n) is 10.9. The number of Topliss-reactive ketones (excluding diaryl/α,β-unsaturated/α-hetero) is 1. The van der Waals surface area contributed by atoms with Gasteiger partial charge in [0.05, 0.1) is 13.2 Å². The van der Waals surface area contributed by atoms with Crippen LogP contribution < -0.4 is 10.1 Å². The molecule has 18 heavy (non-hydrogen) atoms. The molecule has 0 heterocycles. The summed E-state index contributed by atoms with van der Waals surface area (Å²) in [5, 5.41) is 2.54. The van der Waals surface area contributed by atoms with Gasteiger partial charge in [-0.1, -0.05) is 13.3 Å². The molecule has 1 N–H and O–H groups in total. The summed E-state index contributed by atoms with van der Waals surface area (Å²) in [5.74, 6) is 0.444. The van der Waals surface area contributed by atoms with Gasteiger partial charge in [0.2, 0.25) is 0 Å². The summed E-state index contributed by atoms with van der Waals surface area (Å²) < 4.78 is 5.49. The summed E-state index contributed by atoms with van der Waals surface area (Å²) in [6.45, 7) is 4.29. The lowest BCUT2D eigenvalue weighted by atomic mass is 10.2. The predicted octanol–water partition coefficient (Wildman–Crippen LogP) is 2.18. The number of amides is 1. The molecule has 98 valence electrons. The molecule has 1 aromatic rings. The SMILES string of the molecule is CCCCOc1ccc(C(=O)NCC(C)=O)cc1. The van der Waals surface area contributed by atoms with Crippen LogP contribution in [0.3, 0.4) is 0 Å². The zero-order valence-corrected chi connectivity index (χ0v) is 10.9. The number of hydrogen-bond donors (Lipinski definition) is 1. The summed E-state index contributed by atoms with van der Waals surface area (Å²) >= 11 is 0. The second kappa shape index (κ2) is 7.48. The lowest BCUT2D eigenvalue weighted by molar-refractivity contribution is -0.116. The fraction of sp³-hybridized carbons (Fsp3) is 0.429. The molecular formula is C14H19NO3. The normalized spacial score (nSPS) is 9.89. The summed E-state index contributed by atoms with van der Waals surface area (Å²) in [6, 6.07) is 6.91. The molecule has 0 saturated heterocycles. The van der Waals surface area contributed by atoms with Crippen LogP contribution in [0.1, 0.15) is 37.0 Å². The van der Waals surface area contributed by atoms with Gasteiger partial charge >= 0.3 is 0 Å². The molecule has 1 rings (SSSR count). The van der Waals surface area contributed by atoms with Crippen LogP contribution in [-0.2, 0) is 4.79 Å². The molecule has 0 bridgehead atoms. The highest BCUT2D eigenvalue weighted by Gasteiger charge is 2.05. The average molecular weight is 249 g/mol. The predicted molar refractivity (Wildman–Crippen MR) is 69.9 cm³/mol. The Kier molecular flexibility index (Phi) is 5.91. The smallest absolute Gasteiger partial charge is 0.251 e. The van der Waals surface area contributed by atoms with Gasteiger partial charge in [-0.05, 0) is 37.6 Å². The fourth-order valence-corrected chi connectivity index (χ4v) is 1.34. The van der Waals surface area contributed by atoms with E-state index in [2.05, 4.69) is 12.2 Å². The van der Waals surface area contributed by atoms with Crippen LogP contribution in [0.4, 0.5) is 0 Å². The number of nitrogens with one attached hydrogen (secondary N) is 1. The molecule has 0 spiro atoms. The molecule has 0 aliphatic rings. The Balaban J connectivity index is 2.48. The van der Waals surface area contributed by atoms with Crippen LogP contribution in [0.5, 0.6) is 5.75 Å². The van der Waals surface area contributed by atoms with Crippen LogP contribution >= 0.6 is 0 Å². The van der Waals surface area contributed by atoms with Crippen molar-refractivity contribution in [1.82, 2.24) is 5.32 Å². The summed E-state index contributed by atoms with van der Waals surface area (Å²) in [7, 11) is 0. The lowest BCUT2D eigenvalue weighted by Gasteiger charge is -2.06. The Hall–Kier alpha value is -1.84. The first-order valence-corrected chi connectivity index (χ1v) is 6.14. The van der Waals surface area contributed by atoms with Crippen LogP contribution in [0.25, 0.3) is 0 Å². The molecule has 4 nitrogen and oxygen atoms in total. The number of ether oxygens (including phenoxy) is 1. The van der Waals surface area contributed by atoms with Crippen molar-refractivity contribution in [2.24, 2.45) is 0 Å². The maximum absolute atomic E-state index is 11.6. The van der Waals surface area contributed by atoms with Crippen molar-refractivity contribution in [3.8, 4) is 5.75 Å². The van der Waals surface area contributed by atoms with Gasteiger partial charge < -0.3 is 10.1 Å². The molecule has 4 heteroatoms. The molecule has 1 amide bonds. The van der Waals surface area contributed by atoms with Gasteiger partial charge in [-0.15, -0.1) is 0 Å². The number of rotatable bonds is 7. The highest BCUT2D eigenvalue weighted by atomic mass is 16.5. The third-order valence-electron chi connectivity index (χ3n) is 2.38. The minimum atomic E-state index is -0.245. The Morgan fingerprint density at radius 2 is 1.89 bits per heavy atom. The third-order valence-corrected chi connectivity index (χ3v) is 2.38. The first-order chi connectivity index (χ1) is 8.63. The number of unbranched alkanes of at least 4 members (excludes halogenated alkanes) is 1. The van der Waals surface area contributed by atoms with Crippen molar-refractivity contribution >= 4 is 11.7 Å². The standard InChI is InChI=1S/C14H19NO3/c1-3-4-9-18-13-7-5-12(6-8-13)14(17)15-10-11(2)16/h5-8H,3-4,9-10H2,1-2H3,(H,15,17). The Bertz CT molecular complexity index is 398. The third kappa shape index (κ3) is 4.99. The maximum Gasteiger partial charge on any atom is 0.251 e. The van der Waals surface area contributed by atoms with Gasteiger partial charge in [0, 0.05) is 5.56 Å². The van der Waals surface area contributed by atoms with Gasteiger partial charge in [0.1, 0.15) is 11.5 Å². The maximum atomic E-state index is 11.6. The van der Waals surface area contributed by atoms with E-state index in [1.165, 1.54) is 6.92 Å². The summed E-state index contributed by atoms with van der Waals surface area (Å²) in [4.78, 5) is 22.4. The molecule has 0 aromatic heterocycles. The topological polar surface area (TPSA) is 55.4 Å². The molecular weight excluding hydrogens is 230 g/mol. The van der Waals surface area contributed by atoms with Gasteiger partial charge in [0.25, 0.3) is 5.91 Å². The van der Waals surface area contributed by atoms with E-state index in [1.54, 1.807) is 24.3 Å². The van der Waals surface area contributed by atoms with E-state index in [-0.39, 0.29) is 18.2 Å². The van der Waals surface area contributed by atoms with Gasteiger partial charge in [-0.2, -0.15) is 0 Å². The number of carbonyl (C=O) groups excluding carboxylic acids is 2. The highest BCUT2D eigenvalue weighted by Crippen LogP contribution is 2.12. The van der Waals surface area contributed by atoms with Gasteiger partial charge in [0.15, 0.2) is 0 Å². The van der Waals surface area contributed by atoms with Crippen molar-refractivity contribution in [3.63, 3.8) is 0 Å². The Morgan fingerprint density at radius 1 is 1.22 bits per heavy atom. The fourth-order valence-electron chi connectivity index (χ4n) is 1.34. The first-order valence-electron chi connectivity index (χ1n) is 6.14. The van der Waals surface area contributed by atoms with E-state index in [9.17, 15) is 9.59 Å². The molecule has 0 saturated carbocycles. The molecule has 0 aliphatic heterocycles. The van der Waals surface area contributed by atoms with E-state index in [0.717, 1.165) is 18.6 Å². The van der Waals surface area contributed by atoms with E-state index < -0.39 is 0 Å². The first kappa shape index (κ1) is 14.2. The number of carbonyl (C=O) groups is 2. The van der Waals surface area contributed by atoms with Gasteiger partial charge in [-0.25, -0.2) is 0 Å². The Morgan fingerprint density at radius 3 is 2.44 bits per heavy atom. The average Bonchev–Trinajstić information content (AvgIpc) is 2.37. The second-order valence-corrected chi connectivity index (χ2v) is 4.11. The van der Waals surface area contributed by atoms with E-state index in [1.807, 2.05) is 0 Å². The van der Waals surface area contributed by atoms with Crippen molar-refractivity contribution in [2.45, 2.75) is 26.7 Å². The summed E-state index contributed by atoms with van der Waals surface area (Å²) in [5.41, 5.74) is 0.527. The van der Waals surface area contributed by atoms with Gasteiger partial charge in [-0.3, -0.25) is 9.59 Å². The highest BCUT2D eigenvalue weighted by molar-refractivity contribution is 5.96. The molecule has 0 fully saturated rings. The van der Waals surface area contributed by atoms with E-state index >= 15 is 0 Å². The molecule has 1 aromatic carbocycles. The van der Waals surface area contributed by atoms with Crippen LogP contribution in [0.15, 0.2) is 24.3 Å². The molecule has 0 unspecified atom stereocenters. The Labute approximate surface area is 107 Å². The van der Waals surface area contributed by atoms with Crippen LogP contribution in [0, 0.1) is 0 Å². The van der Waals surface area contributed by atoms with E-state index in [4.69, 9.17) is 4.74 Å². The minimum absolute atomic E-state index is 0.0631. The summed E-state index contributed by atoms with van der Waals surface area (Å²) in [6.07, 6.45) is 2.10. The molecule has 0 aliphatic carbocycles. The number of benzene rings is 1. The molecule has 0 atom stereocenters. The van der Waals surface area contributed by atoms with Crippen molar-refractivity contribution < 1.29 is 14.3 Å². The lowest BCUT2D eigenvalue weighted by Crippen LogP contribution is -2.28. The number of hydrogen-bond acceptors (Lipinski definition) is 3. The number of ketones is 1. The zero-order chi connectivity index (χ0) is 13.4. The largest absolute Gasteiger partial charge is 0.494 e. The minimum Gasteiger partial charge on any atom is -0.494 e. The van der Waals surface area contributed by atoms with E-state index in [0.29, 0.717) is 12.2 Å². The second-order valence-electron chi connectivity index (χ2n) is 4.11. The van der Waals surface area contributed by atoms with Crippen molar-refractivity contribution in [3.05, 3.63) is 29.8 Å². The van der Waals surface area contributed by atoms with Crippen molar-refractivity contribution in [1.29, 1.82) is 0 Å². The van der Waals surface area contributed by atoms with Crippen LogP contribution in [-0.4, -0.2) is 24.8 Å². The molecule has 0 radical (unpaired) electrons.